The smallest absolute Gasteiger partial charge is 0.0781 e. The molecule has 0 aliphatic carbocycles. The lowest BCUT2D eigenvalue weighted by atomic mass is 10.1. The van der Waals surface area contributed by atoms with Gasteiger partial charge in [0.2, 0.25) is 0 Å². The second kappa shape index (κ2) is 3.28. The van der Waals surface area contributed by atoms with Crippen LogP contribution in [0, 0.1) is 0 Å². The van der Waals surface area contributed by atoms with Crippen molar-refractivity contribution in [2.75, 3.05) is 0 Å². The van der Waals surface area contributed by atoms with Crippen LogP contribution in [-0.2, 0) is 0 Å². The van der Waals surface area contributed by atoms with Gasteiger partial charge in [0.15, 0.2) is 0 Å². The van der Waals surface area contributed by atoms with Crippen molar-refractivity contribution >= 4 is 11.9 Å². The van der Waals surface area contributed by atoms with E-state index < -0.39 is 0 Å². The molecule has 0 spiro atoms. The van der Waals surface area contributed by atoms with E-state index >= 15 is 0 Å². The first-order chi connectivity index (χ1) is 7.45. The van der Waals surface area contributed by atoms with Gasteiger partial charge in [0, 0.05) is 22.2 Å². The standard InChI is InChI=1S/C14H10N/c1-2-6-11(7-3-1)14-13-9-5-4-8-12(13)10-15-14/h1-10H. The summed E-state index contributed by atoms with van der Waals surface area (Å²) >= 11 is 0. The van der Waals surface area contributed by atoms with E-state index in [4.69, 9.17) is 0 Å². The minimum absolute atomic E-state index is 1.08. The molecule has 71 valence electrons. The molecular formula is C14H10N. The summed E-state index contributed by atoms with van der Waals surface area (Å²) < 4.78 is 0. The van der Waals surface area contributed by atoms with Crippen LogP contribution >= 0.6 is 0 Å². The van der Waals surface area contributed by atoms with E-state index in [1.807, 2.05) is 30.5 Å². The Kier molecular flexibility index (Phi) is 1.82. The average Bonchev–Trinajstić information content (AvgIpc) is 2.74. The van der Waals surface area contributed by atoms with Crippen molar-refractivity contribution in [1.29, 1.82) is 0 Å². The molecule has 1 aliphatic rings. The Morgan fingerprint density at radius 3 is 2.33 bits per heavy atom. The van der Waals surface area contributed by atoms with Crippen molar-refractivity contribution in [3.63, 3.8) is 0 Å². The van der Waals surface area contributed by atoms with E-state index in [-0.39, 0.29) is 0 Å². The summed E-state index contributed by atoms with van der Waals surface area (Å²) in [5.74, 6) is 0. The predicted octanol–water partition coefficient (Wildman–Crippen LogP) is 1.20. The molecule has 0 atom stereocenters. The van der Waals surface area contributed by atoms with Crippen LogP contribution in [-0.4, -0.2) is 0 Å². The third kappa shape index (κ3) is 1.33. The predicted molar refractivity (Wildman–Crippen MR) is 61.2 cm³/mol. The molecule has 0 fully saturated rings. The molecule has 0 unspecified atom stereocenters. The van der Waals surface area contributed by atoms with E-state index in [0.29, 0.717) is 0 Å². The third-order valence-electron chi connectivity index (χ3n) is 2.60. The largest absolute Gasteiger partial charge is 0.255 e. The topological polar surface area (TPSA) is 14.1 Å². The lowest BCUT2D eigenvalue weighted by Gasteiger charge is -2.00. The van der Waals surface area contributed by atoms with E-state index in [0.717, 1.165) is 5.70 Å². The van der Waals surface area contributed by atoms with Gasteiger partial charge < -0.3 is 0 Å². The van der Waals surface area contributed by atoms with Gasteiger partial charge in [-0.25, -0.2) is 0 Å². The summed E-state index contributed by atoms with van der Waals surface area (Å²) in [6, 6.07) is 18.6. The Balaban J connectivity index is 2.31. The molecule has 0 amide bonds. The second-order valence-electron chi connectivity index (χ2n) is 3.56. The molecule has 1 heterocycles. The van der Waals surface area contributed by atoms with Crippen molar-refractivity contribution in [3.8, 4) is 0 Å². The van der Waals surface area contributed by atoms with Crippen molar-refractivity contribution in [2.24, 2.45) is 0 Å². The first-order valence-corrected chi connectivity index (χ1v) is 5.01. The molecule has 1 nitrogen and oxygen atoms in total. The first kappa shape index (κ1) is 8.30. The van der Waals surface area contributed by atoms with Gasteiger partial charge in [0.1, 0.15) is 0 Å². The zero-order chi connectivity index (χ0) is 10.1. The van der Waals surface area contributed by atoms with Gasteiger partial charge in [0.25, 0.3) is 0 Å². The summed E-state index contributed by atoms with van der Waals surface area (Å²) in [5.41, 5.74) is 2.25. The van der Waals surface area contributed by atoms with E-state index in [9.17, 15) is 0 Å². The van der Waals surface area contributed by atoms with Gasteiger partial charge in [-0.05, 0) is 0 Å². The minimum atomic E-state index is 1.08. The first-order valence-electron chi connectivity index (χ1n) is 5.01. The van der Waals surface area contributed by atoms with Crippen LogP contribution in [0.25, 0.3) is 11.9 Å². The minimum Gasteiger partial charge on any atom is -0.255 e. The van der Waals surface area contributed by atoms with Crippen molar-refractivity contribution in [1.82, 2.24) is 5.32 Å². The Labute approximate surface area is 88.4 Å². The highest BCUT2D eigenvalue weighted by Gasteiger charge is 2.07. The maximum atomic E-state index is 4.47. The van der Waals surface area contributed by atoms with Crippen LogP contribution in [0.2, 0.25) is 0 Å². The molecule has 0 bridgehead atoms. The van der Waals surface area contributed by atoms with Gasteiger partial charge in [-0.15, -0.1) is 0 Å². The van der Waals surface area contributed by atoms with Crippen LogP contribution in [0.5, 0.6) is 0 Å². The summed E-state index contributed by atoms with van der Waals surface area (Å²) in [4.78, 5) is 0. The third-order valence-corrected chi connectivity index (χ3v) is 2.60. The quantitative estimate of drug-likeness (QED) is 0.644. The number of nitrogens with zero attached hydrogens (tertiary/aromatic N) is 1. The molecule has 0 saturated heterocycles. The van der Waals surface area contributed by atoms with Crippen molar-refractivity contribution in [3.05, 3.63) is 70.6 Å². The fraction of sp³-hybridized carbons (Fsp3) is 0. The molecule has 0 N–H and O–H groups in total. The molecule has 2 aromatic rings. The summed E-state index contributed by atoms with van der Waals surface area (Å²) in [7, 11) is 0. The highest BCUT2D eigenvalue weighted by molar-refractivity contribution is 5.69. The number of hydrogen-bond acceptors (Lipinski definition) is 0. The van der Waals surface area contributed by atoms with Crippen LogP contribution in [0.1, 0.15) is 5.56 Å². The Morgan fingerprint density at radius 1 is 0.733 bits per heavy atom. The number of rotatable bonds is 1. The number of hydrogen-bond donors (Lipinski definition) is 0. The van der Waals surface area contributed by atoms with Crippen molar-refractivity contribution in [2.45, 2.75) is 0 Å². The molecule has 0 aromatic heterocycles. The van der Waals surface area contributed by atoms with Gasteiger partial charge in [-0.1, -0.05) is 54.6 Å². The normalized spacial score (nSPS) is 12.9. The molecule has 1 aliphatic heterocycles. The fourth-order valence-corrected chi connectivity index (χ4v) is 1.85. The molecule has 1 heteroatoms. The average molecular weight is 192 g/mol. The summed E-state index contributed by atoms with van der Waals surface area (Å²) in [5, 5.41) is 6.90. The zero-order valence-corrected chi connectivity index (χ0v) is 8.22. The molecule has 1 radical (unpaired) electrons. The van der Waals surface area contributed by atoms with Crippen LogP contribution in [0.15, 0.2) is 54.6 Å². The summed E-state index contributed by atoms with van der Waals surface area (Å²) in [6.45, 7) is 0. The highest BCUT2D eigenvalue weighted by atomic mass is 14.9. The van der Waals surface area contributed by atoms with Crippen LogP contribution in [0.3, 0.4) is 0 Å². The molecule has 3 rings (SSSR count). The molecule has 15 heavy (non-hydrogen) atoms. The SMILES string of the molecule is C1=c2ccccc2=C(c2ccccc2)[N]1. The maximum absolute atomic E-state index is 4.47. The fourth-order valence-electron chi connectivity index (χ4n) is 1.85. The molecule has 2 aromatic carbocycles. The van der Waals surface area contributed by atoms with Gasteiger partial charge in [-0.2, -0.15) is 0 Å². The Morgan fingerprint density at radius 2 is 1.47 bits per heavy atom. The van der Waals surface area contributed by atoms with Crippen molar-refractivity contribution < 1.29 is 0 Å². The van der Waals surface area contributed by atoms with E-state index in [1.54, 1.807) is 0 Å². The Bertz CT molecular complexity index is 597. The molecular weight excluding hydrogens is 182 g/mol. The number of benzene rings is 2. The lowest BCUT2D eigenvalue weighted by molar-refractivity contribution is 1.29. The lowest BCUT2D eigenvalue weighted by Crippen LogP contribution is -2.22. The van der Waals surface area contributed by atoms with Crippen LogP contribution < -0.4 is 15.8 Å². The van der Waals surface area contributed by atoms with Gasteiger partial charge in [0.05, 0.1) is 5.70 Å². The highest BCUT2D eigenvalue weighted by Crippen LogP contribution is 2.09. The maximum Gasteiger partial charge on any atom is 0.0781 e. The Hall–Kier alpha value is -2.02. The van der Waals surface area contributed by atoms with E-state index in [1.165, 1.54) is 16.0 Å². The van der Waals surface area contributed by atoms with Crippen LogP contribution in [0.4, 0.5) is 0 Å². The second-order valence-corrected chi connectivity index (χ2v) is 3.56. The van der Waals surface area contributed by atoms with E-state index in [2.05, 4.69) is 35.6 Å². The molecule has 0 saturated carbocycles. The van der Waals surface area contributed by atoms with Gasteiger partial charge in [-0.3, -0.25) is 5.32 Å². The zero-order valence-electron chi connectivity index (χ0n) is 8.22. The summed E-state index contributed by atoms with van der Waals surface area (Å²) in [6.07, 6.45) is 1.93. The monoisotopic (exact) mass is 192 g/mol. The van der Waals surface area contributed by atoms with Gasteiger partial charge >= 0.3 is 0 Å². The number of fused-ring (bicyclic) bond motifs is 1.